The molecular formula is C12H16ClIN2O2. The minimum atomic E-state index is -0.413. The molecule has 0 bridgehead atoms. The van der Waals surface area contributed by atoms with Crippen LogP contribution in [0.15, 0.2) is 18.2 Å². The molecule has 0 saturated carbocycles. The van der Waals surface area contributed by atoms with E-state index in [2.05, 4.69) is 33.2 Å². The second-order valence-corrected chi connectivity index (χ2v) is 5.47. The van der Waals surface area contributed by atoms with Gasteiger partial charge in [0, 0.05) is 15.8 Å². The number of nitrogens with one attached hydrogen (secondary N) is 2. The number of anilines is 1. The van der Waals surface area contributed by atoms with Gasteiger partial charge in [-0.1, -0.05) is 6.07 Å². The van der Waals surface area contributed by atoms with Gasteiger partial charge in [0.05, 0.1) is 12.1 Å². The van der Waals surface area contributed by atoms with Crippen molar-refractivity contribution in [2.75, 3.05) is 11.9 Å². The molecule has 0 radical (unpaired) electrons. The number of aliphatic hydroxyl groups is 1. The summed E-state index contributed by atoms with van der Waals surface area (Å²) in [5.74, 6) is -0.0822. The number of carbonyl (C=O) groups is 1. The van der Waals surface area contributed by atoms with Gasteiger partial charge in [-0.15, -0.1) is 12.4 Å². The van der Waals surface area contributed by atoms with Crippen LogP contribution in [-0.2, 0) is 4.79 Å². The van der Waals surface area contributed by atoms with Crippen molar-refractivity contribution >= 4 is 46.6 Å². The lowest BCUT2D eigenvalue weighted by Gasteiger charge is -2.11. The van der Waals surface area contributed by atoms with Crippen molar-refractivity contribution in [2.24, 2.45) is 0 Å². The van der Waals surface area contributed by atoms with E-state index in [9.17, 15) is 9.90 Å². The van der Waals surface area contributed by atoms with Crippen LogP contribution in [0.5, 0.6) is 0 Å². The van der Waals surface area contributed by atoms with E-state index in [1.807, 2.05) is 25.1 Å². The standard InChI is InChI=1S/C12H15IN2O2.ClH/c1-7-2-3-8(4-10(7)13)15-12(17)11-5-9(16)6-14-11;/h2-4,9,11,14,16H,5-6H2,1H3,(H,15,17);1H. The van der Waals surface area contributed by atoms with E-state index < -0.39 is 6.10 Å². The number of aliphatic hydroxyl groups excluding tert-OH is 1. The van der Waals surface area contributed by atoms with Crippen molar-refractivity contribution in [3.8, 4) is 0 Å². The van der Waals surface area contributed by atoms with Gasteiger partial charge in [0.25, 0.3) is 0 Å². The van der Waals surface area contributed by atoms with Crippen LogP contribution in [0.25, 0.3) is 0 Å². The molecule has 100 valence electrons. The van der Waals surface area contributed by atoms with E-state index in [4.69, 9.17) is 0 Å². The van der Waals surface area contributed by atoms with Crippen molar-refractivity contribution in [1.29, 1.82) is 0 Å². The molecule has 2 atom stereocenters. The van der Waals surface area contributed by atoms with Gasteiger partial charge >= 0.3 is 0 Å². The molecule has 1 heterocycles. The van der Waals surface area contributed by atoms with E-state index >= 15 is 0 Å². The van der Waals surface area contributed by atoms with Crippen LogP contribution in [0.2, 0.25) is 0 Å². The van der Waals surface area contributed by atoms with Gasteiger partial charge in [0.2, 0.25) is 5.91 Å². The Morgan fingerprint density at radius 3 is 2.83 bits per heavy atom. The zero-order valence-corrected chi connectivity index (χ0v) is 12.9. The lowest BCUT2D eigenvalue weighted by atomic mass is 10.2. The fraction of sp³-hybridized carbons (Fsp3) is 0.417. The number of benzene rings is 1. The Hall–Kier alpha value is -0.370. The highest BCUT2D eigenvalue weighted by molar-refractivity contribution is 14.1. The molecule has 1 fully saturated rings. The number of hydrogen-bond donors (Lipinski definition) is 3. The third-order valence-corrected chi connectivity index (χ3v) is 4.03. The summed E-state index contributed by atoms with van der Waals surface area (Å²) in [5, 5.41) is 15.2. The molecule has 18 heavy (non-hydrogen) atoms. The number of rotatable bonds is 2. The molecule has 1 aromatic carbocycles. The van der Waals surface area contributed by atoms with E-state index in [0.717, 1.165) is 9.26 Å². The molecule has 3 N–H and O–H groups in total. The van der Waals surface area contributed by atoms with E-state index in [-0.39, 0.29) is 24.4 Å². The maximum atomic E-state index is 11.9. The summed E-state index contributed by atoms with van der Waals surface area (Å²) >= 11 is 2.24. The number of carbonyl (C=O) groups excluding carboxylic acids is 1. The van der Waals surface area contributed by atoms with Gasteiger partial charge in [0.15, 0.2) is 0 Å². The van der Waals surface area contributed by atoms with Crippen LogP contribution >= 0.6 is 35.0 Å². The Labute approximate surface area is 126 Å². The predicted molar refractivity (Wildman–Crippen MR) is 82.2 cm³/mol. The molecule has 1 amide bonds. The first kappa shape index (κ1) is 15.7. The lowest BCUT2D eigenvalue weighted by molar-refractivity contribution is -0.117. The van der Waals surface area contributed by atoms with Gasteiger partial charge in [-0.3, -0.25) is 4.79 Å². The third kappa shape index (κ3) is 3.81. The summed E-state index contributed by atoms with van der Waals surface area (Å²) in [4.78, 5) is 11.9. The van der Waals surface area contributed by atoms with Gasteiger partial charge in [0.1, 0.15) is 0 Å². The largest absolute Gasteiger partial charge is 0.392 e. The van der Waals surface area contributed by atoms with Crippen LogP contribution in [0.3, 0.4) is 0 Å². The van der Waals surface area contributed by atoms with Crippen LogP contribution < -0.4 is 10.6 Å². The summed E-state index contributed by atoms with van der Waals surface area (Å²) in [6, 6.07) is 5.53. The van der Waals surface area contributed by atoms with E-state index in [1.165, 1.54) is 5.56 Å². The Bertz CT molecular complexity index is 442. The molecule has 1 aliphatic heterocycles. The van der Waals surface area contributed by atoms with Crippen molar-refractivity contribution in [3.05, 3.63) is 27.3 Å². The third-order valence-electron chi connectivity index (χ3n) is 2.86. The van der Waals surface area contributed by atoms with Crippen molar-refractivity contribution in [2.45, 2.75) is 25.5 Å². The molecule has 1 saturated heterocycles. The number of halogens is 2. The zero-order chi connectivity index (χ0) is 12.4. The van der Waals surface area contributed by atoms with Gasteiger partial charge < -0.3 is 15.7 Å². The van der Waals surface area contributed by atoms with Crippen LogP contribution in [-0.4, -0.2) is 29.7 Å². The minimum absolute atomic E-state index is 0. The van der Waals surface area contributed by atoms with Crippen molar-refractivity contribution < 1.29 is 9.90 Å². The highest BCUT2D eigenvalue weighted by Crippen LogP contribution is 2.18. The molecule has 2 unspecified atom stereocenters. The van der Waals surface area contributed by atoms with E-state index in [0.29, 0.717) is 13.0 Å². The van der Waals surface area contributed by atoms with Crippen molar-refractivity contribution in [1.82, 2.24) is 5.32 Å². The molecule has 4 nitrogen and oxygen atoms in total. The summed E-state index contributed by atoms with van der Waals surface area (Å²) in [5.41, 5.74) is 1.99. The molecule has 1 aromatic rings. The monoisotopic (exact) mass is 382 g/mol. The maximum absolute atomic E-state index is 11.9. The number of β-amino-alcohol motifs (C(OH)–C–C–N with tert-alkyl or cyclic N) is 1. The molecule has 0 aromatic heterocycles. The first-order valence-electron chi connectivity index (χ1n) is 5.54. The average Bonchev–Trinajstić information content (AvgIpc) is 2.70. The second-order valence-electron chi connectivity index (χ2n) is 4.30. The minimum Gasteiger partial charge on any atom is -0.392 e. The van der Waals surface area contributed by atoms with Crippen LogP contribution in [0.1, 0.15) is 12.0 Å². The highest BCUT2D eigenvalue weighted by Gasteiger charge is 2.27. The number of amides is 1. The molecule has 0 spiro atoms. The number of hydrogen-bond acceptors (Lipinski definition) is 3. The Morgan fingerprint density at radius 1 is 1.56 bits per heavy atom. The molecule has 0 aliphatic carbocycles. The lowest BCUT2D eigenvalue weighted by Crippen LogP contribution is -2.35. The second kappa shape index (κ2) is 6.70. The first-order valence-corrected chi connectivity index (χ1v) is 6.62. The SMILES string of the molecule is Cc1ccc(NC(=O)C2CC(O)CN2)cc1I.Cl. The fourth-order valence-corrected chi connectivity index (χ4v) is 2.33. The first-order chi connectivity index (χ1) is 8.06. The molecule has 1 aliphatic rings. The Morgan fingerprint density at radius 2 is 2.28 bits per heavy atom. The van der Waals surface area contributed by atoms with E-state index in [1.54, 1.807) is 0 Å². The van der Waals surface area contributed by atoms with Crippen LogP contribution in [0, 0.1) is 10.5 Å². The maximum Gasteiger partial charge on any atom is 0.241 e. The zero-order valence-electron chi connectivity index (χ0n) is 9.94. The molecular weight excluding hydrogens is 367 g/mol. The predicted octanol–water partition coefficient (Wildman–Crippen LogP) is 1.68. The van der Waals surface area contributed by atoms with Gasteiger partial charge in [-0.05, 0) is 53.6 Å². The summed E-state index contributed by atoms with van der Waals surface area (Å²) < 4.78 is 1.12. The smallest absolute Gasteiger partial charge is 0.241 e. The van der Waals surface area contributed by atoms with Crippen LogP contribution in [0.4, 0.5) is 5.69 Å². The summed E-state index contributed by atoms with van der Waals surface area (Å²) in [6.45, 7) is 2.52. The Kier molecular flexibility index (Phi) is 5.84. The normalized spacial score (nSPS) is 22.4. The molecule has 6 heteroatoms. The van der Waals surface area contributed by atoms with Crippen molar-refractivity contribution in [3.63, 3.8) is 0 Å². The molecule has 2 rings (SSSR count). The van der Waals surface area contributed by atoms with Gasteiger partial charge in [-0.2, -0.15) is 0 Å². The summed E-state index contributed by atoms with van der Waals surface area (Å²) in [7, 11) is 0. The Balaban J connectivity index is 0.00000162. The summed E-state index contributed by atoms with van der Waals surface area (Å²) in [6.07, 6.45) is 0.0679. The average molecular weight is 383 g/mol. The topological polar surface area (TPSA) is 61.4 Å². The number of aryl methyl sites for hydroxylation is 1. The highest BCUT2D eigenvalue weighted by atomic mass is 127. The quantitative estimate of drug-likeness (QED) is 0.682. The van der Waals surface area contributed by atoms with Gasteiger partial charge in [-0.25, -0.2) is 0 Å². The fourth-order valence-electron chi connectivity index (χ4n) is 1.82.